The van der Waals surface area contributed by atoms with Crippen LogP contribution < -0.4 is 0 Å². The first-order valence-corrected chi connectivity index (χ1v) is 44.5. The number of esters is 4. The number of aliphatic hydroxyl groups excluding tert-OH is 1. The van der Waals surface area contributed by atoms with Crippen molar-refractivity contribution >= 4 is 39.5 Å². The molecule has 0 aromatic heterocycles. The van der Waals surface area contributed by atoms with Gasteiger partial charge in [0, 0.05) is 25.7 Å². The van der Waals surface area contributed by atoms with E-state index in [2.05, 4.69) is 88.5 Å². The molecule has 596 valence electrons. The SMILES string of the molecule is CC/C=C\C/C=C\C/C=C\C/C=C\CCCCCCCCC(=O)OCC(COP(=O)(O)OCC(O)COP(=O)(O)OCC(COC(=O)CCCCCCC/C=C\CCCCCCCC)OC(=O)CCCCCCCCCCCCCCCCC)OC(=O)CCCCCCCCCCCCCCC. The fourth-order valence-electron chi connectivity index (χ4n) is 11.7. The molecule has 102 heavy (non-hydrogen) atoms. The van der Waals surface area contributed by atoms with Crippen molar-refractivity contribution in [2.24, 2.45) is 0 Å². The Balaban J connectivity index is 5.31. The lowest BCUT2D eigenvalue weighted by Crippen LogP contribution is -2.30. The number of hydrogen-bond acceptors (Lipinski definition) is 15. The third kappa shape index (κ3) is 75.0. The van der Waals surface area contributed by atoms with Crippen LogP contribution in [0.25, 0.3) is 0 Å². The largest absolute Gasteiger partial charge is 0.472 e. The Kier molecular flexibility index (Phi) is 73.6. The van der Waals surface area contributed by atoms with E-state index in [1.807, 2.05) is 0 Å². The van der Waals surface area contributed by atoms with Gasteiger partial charge in [-0.15, -0.1) is 0 Å². The van der Waals surface area contributed by atoms with E-state index >= 15 is 0 Å². The van der Waals surface area contributed by atoms with E-state index in [1.165, 1.54) is 154 Å². The first kappa shape index (κ1) is 98.8. The van der Waals surface area contributed by atoms with E-state index in [-0.39, 0.29) is 25.7 Å². The van der Waals surface area contributed by atoms with Crippen molar-refractivity contribution in [1.29, 1.82) is 0 Å². The molecule has 0 aromatic carbocycles. The predicted octanol–water partition coefficient (Wildman–Crippen LogP) is 24.2. The Hall–Kier alpha value is -3.24. The zero-order valence-electron chi connectivity index (χ0n) is 65.3. The summed E-state index contributed by atoms with van der Waals surface area (Å²) in [5.41, 5.74) is 0. The van der Waals surface area contributed by atoms with Crippen LogP contribution in [-0.4, -0.2) is 96.7 Å². The van der Waals surface area contributed by atoms with Gasteiger partial charge in [0.2, 0.25) is 0 Å². The second kappa shape index (κ2) is 76.0. The normalized spacial score (nSPS) is 14.1. The number of rotatable bonds is 79. The topological polar surface area (TPSA) is 237 Å². The molecule has 0 saturated heterocycles. The van der Waals surface area contributed by atoms with E-state index in [4.69, 9.17) is 37.0 Å². The average molecular weight is 1480 g/mol. The molecule has 0 bridgehead atoms. The van der Waals surface area contributed by atoms with Crippen molar-refractivity contribution in [2.75, 3.05) is 39.6 Å². The van der Waals surface area contributed by atoms with Gasteiger partial charge in [-0.2, -0.15) is 0 Å². The summed E-state index contributed by atoms with van der Waals surface area (Å²) in [6.45, 7) is 4.83. The number of phosphoric ester groups is 2. The van der Waals surface area contributed by atoms with Crippen molar-refractivity contribution in [2.45, 2.75) is 406 Å². The van der Waals surface area contributed by atoms with Crippen molar-refractivity contribution in [3.8, 4) is 0 Å². The molecule has 0 saturated carbocycles. The van der Waals surface area contributed by atoms with Crippen LogP contribution >= 0.6 is 15.6 Å². The minimum Gasteiger partial charge on any atom is -0.462 e. The van der Waals surface area contributed by atoms with Gasteiger partial charge < -0.3 is 33.8 Å². The molecular formula is C83H152O17P2. The zero-order chi connectivity index (χ0) is 74.6. The molecule has 5 unspecified atom stereocenters. The van der Waals surface area contributed by atoms with Crippen LogP contribution in [0.15, 0.2) is 60.8 Å². The van der Waals surface area contributed by atoms with E-state index in [0.717, 1.165) is 154 Å². The Bertz CT molecular complexity index is 2170. The third-order valence-electron chi connectivity index (χ3n) is 18.0. The summed E-state index contributed by atoms with van der Waals surface area (Å²) in [6, 6.07) is 0. The molecule has 0 aliphatic heterocycles. The lowest BCUT2D eigenvalue weighted by Gasteiger charge is -2.21. The zero-order valence-corrected chi connectivity index (χ0v) is 67.1. The standard InChI is InChI=1S/C83H152O17P2/c1-5-9-13-17-21-25-29-33-36-37-38-39-42-45-48-52-56-60-64-68-81(86)94-73-78(99-82(87)69-65-61-57-53-49-43-32-28-24-20-16-12-8-4)75-97-101(89,90)95-71-77(84)72-96-102(91,92)98-76-79(100-83(88)70-66-62-58-54-50-46-41-35-31-27-23-19-15-11-7-3)74-93-80(85)67-63-59-55-51-47-44-40-34-30-26-22-18-14-10-6-2/h9,13,21,25,33-34,36,38-40,77-79,84H,5-8,10-12,14-20,22-24,26-32,35,37,41-76H2,1-4H3,(H,89,90)(H,91,92)/b13-9-,25-21-,36-33-,39-38-,40-34-. The number of unbranched alkanes of at least 4 members (excludes halogenated alkanes) is 43. The highest BCUT2D eigenvalue weighted by Gasteiger charge is 2.30. The van der Waals surface area contributed by atoms with E-state index in [0.29, 0.717) is 25.7 Å². The summed E-state index contributed by atoms with van der Waals surface area (Å²) < 4.78 is 68.7. The molecule has 0 aliphatic carbocycles. The number of carbonyl (C=O) groups is 4. The highest BCUT2D eigenvalue weighted by molar-refractivity contribution is 7.47. The van der Waals surface area contributed by atoms with Gasteiger partial charge in [-0.3, -0.25) is 37.3 Å². The lowest BCUT2D eigenvalue weighted by molar-refractivity contribution is -0.161. The molecular weight excluding hydrogens is 1330 g/mol. The highest BCUT2D eigenvalue weighted by Crippen LogP contribution is 2.45. The number of aliphatic hydroxyl groups is 1. The van der Waals surface area contributed by atoms with Crippen molar-refractivity contribution in [1.82, 2.24) is 0 Å². The fourth-order valence-corrected chi connectivity index (χ4v) is 13.3. The maximum absolute atomic E-state index is 13.1. The quantitative estimate of drug-likeness (QED) is 0.0169. The highest BCUT2D eigenvalue weighted by atomic mass is 31.2. The van der Waals surface area contributed by atoms with Crippen molar-refractivity contribution < 1.29 is 80.2 Å². The Morgan fingerprint density at radius 2 is 0.510 bits per heavy atom. The van der Waals surface area contributed by atoms with Gasteiger partial charge in [-0.1, -0.05) is 332 Å². The minimum absolute atomic E-state index is 0.0979. The number of carbonyl (C=O) groups excluding carboxylic acids is 4. The van der Waals surface area contributed by atoms with E-state index < -0.39 is 97.5 Å². The molecule has 0 radical (unpaired) electrons. The molecule has 19 heteroatoms. The number of ether oxygens (including phenoxy) is 4. The molecule has 0 aliphatic rings. The fraction of sp³-hybridized carbons (Fsp3) is 0.831. The minimum atomic E-state index is -4.97. The number of phosphoric acid groups is 2. The van der Waals surface area contributed by atoms with Gasteiger partial charge in [-0.25, -0.2) is 9.13 Å². The van der Waals surface area contributed by atoms with Crippen molar-refractivity contribution in [3.05, 3.63) is 60.8 Å². The molecule has 0 rings (SSSR count). The molecule has 5 atom stereocenters. The maximum atomic E-state index is 13.1. The Labute approximate surface area is 622 Å². The monoisotopic (exact) mass is 1480 g/mol. The second-order valence-corrected chi connectivity index (χ2v) is 31.0. The molecule has 0 amide bonds. The van der Waals surface area contributed by atoms with Crippen LogP contribution in [-0.2, 0) is 65.4 Å². The van der Waals surface area contributed by atoms with Crippen LogP contribution in [0.1, 0.15) is 387 Å². The average Bonchev–Trinajstić information content (AvgIpc) is 0.908. The lowest BCUT2D eigenvalue weighted by atomic mass is 10.0. The van der Waals surface area contributed by atoms with Crippen LogP contribution in [0.2, 0.25) is 0 Å². The van der Waals surface area contributed by atoms with Crippen LogP contribution in [0.4, 0.5) is 0 Å². The van der Waals surface area contributed by atoms with Gasteiger partial charge in [-0.05, 0) is 89.9 Å². The molecule has 0 spiro atoms. The van der Waals surface area contributed by atoms with Crippen molar-refractivity contribution in [3.63, 3.8) is 0 Å². The Morgan fingerprint density at radius 3 is 0.794 bits per heavy atom. The third-order valence-corrected chi connectivity index (χ3v) is 19.9. The number of hydrogen-bond donors (Lipinski definition) is 3. The Morgan fingerprint density at radius 1 is 0.284 bits per heavy atom. The summed E-state index contributed by atoms with van der Waals surface area (Å²) in [4.78, 5) is 73.1. The summed E-state index contributed by atoms with van der Waals surface area (Å²) in [5.74, 6) is -2.16. The smallest absolute Gasteiger partial charge is 0.462 e. The van der Waals surface area contributed by atoms with Crippen LogP contribution in [0.5, 0.6) is 0 Å². The van der Waals surface area contributed by atoms with Gasteiger partial charge in [0.25, 0.3) is 0 Å². The van der Waals surface area contributed by atoms with Gasteiger partial charge >= 0.3 is 39.5 Å². The summed E-state index contributed by atoms with van der Waals surface area (Å²) in [7, 11) is -9.94. The molecule has 0 fully saturated rings. The van der Waals surface area contributed by atoms with E-state index in [1.54, 1.807) is 0 Å². The molecule has 17 nitrogen and oxygen atoms in total. The van der Waals surface area contributed by atoms with Crippen LogP contribution in [0.3, 0.4) is 0 Å². The summed E-state index contributed by atoms with van der Waals surface area (Å²) >= 11 is 0. The van der Waals surface area contributed by atoms with Gasteiger partial charge in [0.1, 0.15) is 19.3 Å². The number of allylic oxidation sites excluding steroid dienone is 10. The van der Waals surface area contributed by atoms with Gasteiger partial charge in [0.05, 0.1) is 26.4 Å². The first-order chi connectivity index (χ1) is 49.7. The summed E-state index contributed by atoms with van der Waals surface area (Å²) in [6.07, 6.45) is 76.1. The van der Waals surface area contributed by atoms with Gasteiger partial charge in [0.15, 0.2) is 12.2 Å². The molecule has 0 aromatic rings. The first-order valence-electron chi connectivity index (χ1n) is 41.5. The summed E-state index contributed by atoms with van der Waals surface area (Å²) in [5, 5.41) is 10.6. The molecule has 0 heterocycles. The second-order valence-electron chi connectivity index (χ2n) is 28.1. The predicted molar refractivity (Wildman–Crippen MR) is 418 cm³/mol. The molecule has 3 N–H and O–H groups in total. The van der Waals surface area contributed by atoms with Crippen LogP contribution in [0, 0.1) is 0 Å². The maximum Gasteiger partial charge on any atom is 0.472 e. The van der Waals surface area contributed by atoms with E-state index in [9.17, 15) is 43.2 Å².